The summed E-state index contributed by atoms with van der Waals surface area (Å²) < 4.78 is 5.03. The molecule has 2 nitrogen and oxygen atoms in total. The first-order chi connectivity index (χ1) is 10.7. The van der Waals surface area contributed by atoms with Crippen LogP contribution in [-0.2, 0) is 21.3 Å². The minimum absolute atomic E-state index is 0. The van der Waals surface area contributed by atoms with Crippen molar-refractivity contribution in [3.05, 3.63) is 42.0 Å². The first-order valence-electron chi connectivity index (χ1n) is 8.35. The first-order valence-corrected chi connectivity index (χ1v) is 12.0. The standard InChI is InChI=1S/2C8H11O.C3H6.2ClH.Zr/c2*9-7-3-6-8-4-1-2-5-8;1-3-2;;;/h2*4-5,9H,1,3,6-7H2;1-2H3;2*1H;/q;;;;;+2/p-2. The van der Waals surface area contributed by atoms with Crippen molar-refractivity contribution in [1.82, 2.24) is 0 Å². The maximum atomic E-state index is 8.99. The van der Waals surface area contributed by atoms with E-state index >= 15 is 0 Å². The monoisotopic (exact) mass is 448 g/mol. The Balaban J connectivity index is 0.00000264. The number of hydrogen-bond acceptors (Lipinski definition) is 2. The van der Waals surface area contributed by atoms with E-state index in [1.54, 1.807) is 9.77 Å². The molecule has 0 aliphatic heterocycles. The zero-order valence-electron chi connectivity index (χ0n) is 14.6. The SMILES string of the molecule is C[C](C)=[Zr+2]([C]1=CC(CCCO)=CC1)[C]1=CC(CCCO)=CC1.[Cl-].[Cl-]. The molecule has 0 unspecified atom stereocenters. The summed E-state index contributed by atoms with van der Waals surface area (Å²) in [7, 11) is 0. The molecule has 134 valence electrons. The Morgan fingerprint density at radius 1 is 0.875 bits per heavy atom. The van der Waals surface area contributed by atoms with E-state index in [0.717, 1.165) is 38.5 Å². The third-order valence-electron chi connectivity index (χ3n) is 4.28. The van der Waals surface area contributed by atoms with E-state index in [1.807, 2.05) is 0 Å². The average Bonchev–Trinajstić information content (AvgIpc) is 3.13. The van der Waals surface area contributed by atoms with Gasteiger partial charge in [-0.2, -0.15) is 0 Å². The molecule has 5 heteroatoms. The number of aliphatic hydroxyl groups is 2. The maximum absolute atomic E-state index is 8.99. The topological polar surface area (TPSA) is 40.5 Å². The van der Waals surface area contributed by atoms with Gasteiger partial charge in [-0.05, 0) is 0 Å². The average molecular weight is 451 g/mol. The van der Waals surface area contributed by atoms with Crippen LogP contribution in [0.4, 0.5) is 0 Å². The largest absolute Gasteiger partial charge is 1.00 e. The zero-order chi connectivity index (χ0) is 15.9. The van der Waals surface area contributed by atoms with Gasteiger partial charge in [-0.15, -0.1) is 0 Å². The minimum Gasteiger partial charge on any atom is -1.00 e. The Bertz CT molecular complexity index is 524. The molecule has 24 heavy (non-hydrogen) atoms. The van der Waals surface area contributed by atoms with Crippen LogP contribution in [0.5, 0.6) is 0 Å². The number of halogens is 2. The molecule has 2 aliphatic carbocycles. The Kier molecular flexibility index (Phi) is 12.7. The van der Waals surface area contributed by atoms with Crippen LogP contribution in [0.2, 0.25) is 0 Å². The molecule has 0 atom stereocenters. The fourth-order valence-corrected chi connectivity index (χ4v) is 10.6. The van der Waals surface area contributed by atoms with E-state index in [-0.39, 0.29) is 38.0 Å². The van der Waals surface area contributed by atoms with Gasteiger partial charge in [-0.1, -0.05) is 0 Å². The fraction of sp³-hybridized carbons (Fsp3) is 0.526. The van der Waals surface area contributed by atoms with E-state index in [9.17, 15) is 0 Å². The van der Waals surface area contributed by atoms with Crippen molar-refractivity contribution in [2.75, 3.05) is 13.2 Å². The Hall–Kier alpha value is 0.213. The summed E-state index contributed by atoms with van der Waals surface area (Å²) in [6, 6.07) is 0. The van der Waals surface area contributed by atoms with E-state index in [2.05, 4.69) is 38.2 Å². The van der Waals surface area contributed by atoms with Crippen molar-refractivity contribution in [2.24, 2.45) is 0 Å². The van der Waals surface area contributed by atoms with Crippen molar-refractivity contribution < 1.29 is 56.3 Å². The van der Waals surface area contributed by atoms with Gasteiger partial charge in [-0.3, -0.25) is 0 Å². The maximum Gasteiger partial charge on any atom is -1.00 e. The molecule has 0 radical (unpaired) electrons. The summed E-state index contributed by atoms with van der Waals surface area (Å²) in [5.41, 5.74) is 2.85. The van der Waals surface area contributed by atoms with Gasteiger partial charge in [0.05, 0.1) is 0 Å². The quantitative estimate of drug-likeness (QED) is 0.441. The number of aliphatic hydroxyl groups excluding tert-OH is 2. The van der Waals surface area contributed by atoms with Crippen LogP contribution < -0.4 is 24.8 Å². The zero-order valence-corrected chi connectivity index (χ0v) is 18.6. The molecule has 2 N–H and O–H groups in total. The summed E-state index contributed by atoms with van der Waals surface area (Å²) in [6.45, 7) is 5.20. The summed E-state index contributed by atoms with van der Waals surface area (Å²) in [5, 5.41) is 18.0. The van der Waals surface area contributed by atoms with Crippen LogP contribution in [0.15, 0.2) is 42.0 Å². The molecule has 2 aliphatic rings. The van der Waals surface area contributed by atoms with Crippen molar-refractivity contribution >= 4 is 3.21 Å². The molecule has 0 aromatic heterocycles. The van der Waals surface area contributed by atoms with Crippen molar-refractivity contribution in [3.8, 4) is 0 Å². The van der Waals surface area contributed by atoms with Gasteiger partial charge in [0.25, 0.3) is 0 Å². The summed E-state index contributed by atoms with van der Waals surface area (Å²) in [5.74, 6) is 0. The molecule has 0 bridgehead atoms. The van der Waals surface area contributed by atoms with Gasteiger partial charge in [0.2, 0.25) is 0 Å². The van der Waals surface area contributed by atoms with Gasteiger partial charge in [0.1, 0.15) is 0 Å². The van der Waals surface area contributed by atoms with E-state index in [4.69, 9.17) is 10.2 Å². The summed E-state index contributed by atoms with van der Waals surface area (Å²) in [4.78, 5) is 0. The Morgan fingerprint density at radius 2 is 1.29 bits per heavy atom. The van der Waals surface area contributed by atoms with Crippen LogP contribution in [-0.4, -0.2) is 26.6 Å². The number of rotatable bonds is 8. The molecule has 0 saturated carbocycles. The van der Waals surface area contributed by atoms with Gasteiger partial charge in [0.15, 0.2) is 0 Å². The van der Waals surface area contributed by atoms with Gasteiger partial charge < -0.3 is 24.8 Å². The van der Waals surface area contributed by atoms with Crippen molar-refractivity contribution in [1.29, 1.82) is 0 Å². The van der Waals surface area contributed by atoms with Gasteiger partial charge >= 0.3 is 142 Å². The van der Waals surface area contributed by atoms with Crippen LogP contribution >= 0.6 is 0 Å². The second kappa shape index (κ2) is 12.5. The molecular weight excluding hydrogens is 422 g/mol. The summed E-state index contributed by atoms with van der Waals surface area (Å²) in [6.07, 6.45) is 15.6. The van der Waals surface area contributed by atoms with Gasteiger partial charge in [0, 0.05) is 0 Å². The number of hydrogen-bond donors (Lipinski definition) is 2. The molecule has 0 saturated heterocycles. The third-order valence-corrected chi connectivity index (χ3v) is 11.6. The van der Waals surface area contributed by atoms with Gasteiger partial charge in [-0.25, -0.2) is 0 Å². The molecule has 0 spiro atoms. The fourth-order valence-electron chi connectivity index (χ4n) is 3.28. The van der Waals surface area contributed by atoms with Crippen molar-refractivity contribution in [3.63, 3.8) is 0 Å². The van der Waals surface area contributed by atoms with Crippen LogP contribution in [0.3, 0.4) is 0 Å². The minimum atomic E-state index is -1.81. The normalized spacial score (nSPS) is 15.3. The van der Waals surface area contributed by atoms with Crippen LogP contribution in [0.1, 0.15) is 52.4 Å². The molecule has 0 aromatic carbocycles. The Morgan fingerprint density at radius 3 is 1.62 bits per heavy atom. The molecule has 0 fully saturated rings. The van der Waals surface area contributed by atoms with E-state index < -0.39 is 21.3 Å². The van der Waals surface area contributed by atoms with Crippen molar-refractivity contribution in [2.45, 2.75) is 52.4 Å². The number of allylic oxidation sites excluding steroid dienone is 8. The second-order valence-corrected chi connectivity index (χ2v) is 13.8. The molecule has 2 rings (SSSR count). The molecule has 0 heterocycles. The predicted octanol–water partition coefficient (Wildman–Crippen LogP) is -2.20. The summed E-state index contributed by atoms with van der Waals surface area (Å²) >= 11 is -1.81. The molecule has 0 amide bonds. The molecule has 0 aromatic rings. The molecular formula is C19H28Cl2O2Zr. The van der Waals surface area contributed by atoms with Crippen LogP contribution in [0.25, 0.3) is 0 Å². The second-order valence-electron chi connectivity index (χ2n) is 6.33. The smallest absolute Gasteiger partial charge is 1.00 e. The van der Waals surface area contributed by atoms with Crippen LogP contribution in [0, 0.1) is 0 Å². The Labute approximate surface area is 166 Å². The first kappa shape index (κ1) is 24.2. The predicted molar refractivity (Wildman–Crippen MR) is 90.6 cm³/mol. The third kappa shape index (κ3) is 6.85. The van der Waals surface area contributed by atoms with E-state index in [0.29, 0.717) is 0 Å². The van der Waals surface area contributed by atoms with E-state index in [1.165, 1.54) is 11.1 Å².